The first-order chi connectivity index (χ1) is 12.5. The van der Waals surface area contributed by atoms with E-state index in [0.29, 0.717) is 6.54 Å². The maximum Gasteiger partial charge on any atom is 0.408 e. The van der Waals surface area contributed by atoms with E-state index in [1.807, 2.05) is 54.6 Å². The van der Waals surface area contributed by atoms with Crippen molar-refractivity contribution >= 4 is 39.7 Å². The van der Waals surface area contributed by atoms with Crippen molar-refractivity contribution < 1.29 is 14.3 Å². The van der Waals surface area contributed by atoms with E-state index in [4.69, 9.17) is 4.74 Å². The van der Waals surface area contributed by atoms with Gasteiger partial charge in [0.25, 0.3) is 0 Å². The van der Waals surface area contributed by atoms with Crippen LogP contribution in [0.4, 0.5) is 4.79 Å². The largest absolute Gasteiger partial charge is 0.445 e. The molecule has 0 unspecified atom stereocenters. The minimum atomic E-state index is -0.657. The smallest absolute Gasteiger partial charge is 0.408 e. The first kappa shape index (κ1) is 20.3. The van der Waals surface area contributed by atoms with E-state index < -0.39 is 12.1 Å². The standard InChI is InChI=1S/C19H21BrN2O3S/c1-14(22-19(24)25-13-15-5-3-2-4-6-15)18(23)21-11-12-26-17-9-7-16(20)8-10-17/h2-10,14H,11-13H2,1H3,(H,21,23)(H,22,24)/t14-/m0/s1. The molecule has 0 radical (unpaired) electrons. The summed E-state index contributed by atoms with van der Waals surface area (Å²) in [6.45, 7) is 2.32. The average Bonchev–Trinajstić information content (AvgIpc) is 2.65. The van der Waals surface area contributed by atoms with Crippen LogP contribution in [0.25, 0.3) is 0 Å². The van der Waals surface area contributed by atoms with Gasteiger partial charge in [0, 0.05) is 21.7 Å². The van der Waals surface area contributed by atoms with Crippen molar-refractivity contribution in [3.63, 3.8) is 0 Å². The van der Waals surface area contributed by atoms with E-state index >= 15 is 0 Å². The van der Waals surface area contributed by atoms with Gasteiger partial charge < -0.3 is 15.4 Å². The number of carbonyl (C=O) groups excluding carboxylic acids is 2. The topological polar surface area (TPSA) is 67.4 Å². The molecule has 2 amide bonds. The Bertz CT molecular complexity index is 710. The zero-order valence-electron chi connectivity index (χ0n) is 14.4. The second-order valence-electron chi connectivity index (χ2n) is 5.52. The molecule has 0 heterocycles. The van der Waals surface area contributed by atoms with E-state index in [9.17, 15) is 9.59 Å². The number of thioether (sulfide) groups is 1. The molecule has 2 aromatic rings. The van der Waals surface area contributed by atoms with Gasteiger partial charge in [-0.25, -0.2) is 4.79 Å². The van der Waals surface area contributed by atoms with Crippen LogP contribution in [0.2, 0.25) is 0 Å². The Hall–Kier alpha value is -1.99. The second kappa shape index (κ2) is 10.9. The van der Waals surface area contributed by atoms with Crippen LogP contribution in [0.5, 0.6) is 0 Å². The molecular weight excluding hydrogens is 416 g/mol. The minimum Gasteiger partial charge on any atom is -0.445 e. The molecule has 2 rings (SSSR count). The molecular formula is C19H21BrN2O3S. The molecule has 0 saturated heterocycles. The molecule has 1 atom stereocenters. The monoisotopic (exact) mass is 436 g/mol. The highest BCUT2D eigenvalue weighted by atomic mass is 79.9. The Labute approximate surface area is 166 Å². The van der Waals surface area contributed by atoms with Crippen molar-refractivity contribution in [3.05, 3.63) is 64.6 Å². The molecule has 0 aliphatic heterocycles. The van der Waals surface area contributed by atoms with E-state index in [0.717, 1.165) is 20.7 Å². The molecule has 0 fully saturated rings. The zero-order valence-corrected chi connectivity index (χ0v) is 16.8. The predicted octanol–water partition coefficient (Wildman–Crippen LogP) is 3.97. The highest BCUT2D eigenvalue weighted by molar-refractivity contribution is 9.10. The van der Waals surface area contributed by atoms with Crippen LogP contribution in [0.15, 0.2) is 64.0 Å². The van der Waals surface area contributed by atoms with Gasteiger partial charge in [-0.3, -0.25) is 4.79 Å². The fraction of sp³-hybridized carbons (Fsp3) is 0.263. The van der Waals surface area contributed by atoms with Crippen LogP contribution in [0.3, 0.4) is 0 Å². The first-order valence-electron chi connectivity index (χ1n) is 8.18. The van der Waals surface area contributed by atoms with Crippen LogP contribution in [0, 0.1) is 0 Å². The van der Waals surface area contributed by atoms with Gasteiger partial charge in [-0.15, -0.1) is 11.8 Å². The summed E-state index contributed by atoms with van der Waals surface area (Å²) in [4.78, 5) is 24.9. The number of halogens is 1. The Balaban J connectivity index is 1.62. The zero-order chi connectivity index (χ0) is 18.8. The van der Waals surface area contributed by atoms with Crippen molar-refractivity contribution in [2.45, 2.75) is 24.5 Å². The summed E-state index contributed by atoms with van der Waals surface area (Å²) in [5, 5.41) is 5.33. The van der Waals surface area contributed by atoms with Gasteiger partial charge in [-0.05, 0) is 36.8 Å². The van der Waals surface area contributed by atoms with E-state index in [1.165, 1.54) is 0 Å². The van der Waals surface area contributed by atoms with E-state index in [2.05, 4.69) is 26.6 Å². The molecule has 0 aliphatic carbocycles. The van der Waals surface area contributed by atoms with Crippen LogP contribution in [0.1, 0.15) is 12.5 Å². The Kier molecular flexibility index (Phi) is 8.50. The van der Waals surface area contributed by atoms with Crippen LogP contribution in [-0.4, -0.2) is 30.3 Å². The number of ether oxygens (including phenoxy) is 1. The Morgan fingerprint density at radius 1 is 1.12 bits per heavy atom. The summed E-state index contributed by atoms with van der Waals surface area (Å²) in [6, 6.07) is 16.7. The molecule has 7 heteroatoms. The van der Waals surface area contributed by atoms with Crippen molar-refractivity contribution in [1.82, 2.24) is 10.6 Å². The van der Waals surface area contributed by atoms with Crippen molar-refractivity contribution in [2.24, 2.45) is 0 Å². The summed E-state index contributed by atoms with van der Waals surface area (Å²) in [5.74, 6) is 0.511. The van der Waals surface area contributed by atoms with Gasteiger partial charge in [0.2, 0.25) is 5.91 Å². The van der Waals surface area contributed by atoms with E-state index in [1.54, 1.807) is 18.7 Å². The Morgan fingerprint density at radius 3 is 2.50 bits per heavy atom. The minimum absolute atomic E-state index is 0.171. The van der Waals surface area contributed by atoms with Gasteiger partial charge in [-0.2, -0.15) is 0 Å². The fourth-order valence-corrected chi connectivity index (χ4v) is 3.07. The van der Waals surface area contributed by atoms with Gasteiger partial charge in [-0.1, -0.05) is 46.3 Å². The summed E-state index contributed by atoms with van der Waals surface area (Å²) in [7, 11) is 0. The average molecular weight is 437 g/mol. The summed E-state index contributed by atoms with van der Waals surface area (Å²) >= 11 is 5.05. The van der Waals surface area contributed by atoms with Crippen LogP contribution < -0.4 is 10.6 Å². The molecule has 0 aliphatic rings. The molecule has 0 spiro atoms. The maximum atomic E-state index is 12.0. The normalized spacial score (nSPS) is 11.5. The number of alkyl carbamates (subject to hydrolysis) is 1. The van der Waals surface area contributed by atoms with Gasteiger partial charge >= 0.3 is 6.09 Å². The first-order valence-corrected chi connectivity index (χ1v) is 9.96. The number of hydrogen-bond acceptors (Lipinski definition) is 4. The van der Waals surface area contributed by atoms with Gasteiger partial charge in [0.1, 0.15) is 12.6 Å². The number of benzene rings is 2. The van der Waals surface area contributed by atoms with Crippen LogP contribution in [-0.2, 0) is 16.1 Å². The molecule has 2 N–H and O–H groups in total. The third-order valence-corrected chi connectivity index (χ3v) is 4.97. The molecule has 0 bridgehead atoms. The molecule has 26 heavy (non-hydrogen) atoms. The number of hydrogen-bond donors (Lipinski definition) is 2. The Morgan fingerprint density at radius 2 is 1.81 bits per heavy atom. The lowest BCUT2D eigenvalue weighted by Gasteiger charge is -2.14. The van der Waals surface area contributed by atoms with Crippen molar-refractivity contribution in [1.29, 1.82) is 0 Å². The molecule has 138 valence electrons. The van der Waals surface area contributed by atoms with Gasteiger partial charge in [0.05, 0.1) is 0 Å². The van der Waals surface area contributed by atoms with Gasteiger partial charge in [0.15, 0.2) is 0 Å². The lowest BCUT2D eigenvalue weighted by molar-refractivity contribution is -0.122. The quantitative estimate of drug-likeness (QED) is 0.485. The molecule has 0 saturated carbocycles. The molecule has 5 nitrogen and oxygen atoms in total. The maximum absolute atomic E-state index is 12.0. The number of nitrogens with one attached hydrogen (secondary N) is 2. The fourth-order valence-electron chi connectivity index (χ4n) is 2.03. The lowest BCUT2D eigenvalue weighted by atomic mass is 10.2. The van der Waals surface area contributed by atoms with E-state index in [-0.39, 0.29) is 12.5 Å². The van der Waals surface area contributed by atoms with Crippen molar-refractivity contribution in [3.8, 4) is 0 Å². The highest BCUT2D eigenvalue weighted by Crippen LogP contribution is 2.19. The third-order valence-electron chi connectivity index (χ3n) is 3.42. The summed E-state index contributed by atoms with van der Waals surface area (Å²) < 4.78 is 6.14. The summed E-state index contributed by atoms with van der Waals surface area (Å²) in [6.07, 6.45) is -0.610. The number of rotatable bonds is 8. The predicted molar refractivity (Wildman–Crippen MR) is 107 cm³/mol. The highest BCUT2D eigenvalue weighted by Gasteiger charge is 2.15. The third kappa shape index (κ3) is 7.49. The number of amides is 2. The van der Waals surface area contributed by atoms with Crippen molar-refractivity contribution in [2.75, 3.05) is 12.3 Å². The SMILES string of the molecule is C[C@H](NC(=O)OCc1ccccc1)C(=O)NCCSc1ccc(Br)cc1. The molecule has 0 aromatic heterocycles. The second-order valence-corrected chi connectivity index (χ2v) is 7.61. The lowest BCUT2D eigenvalue weighted by Crippen LogP contribution is -2.45. The number of carbonyl (C=O) groups is 2. The summed E-state index contributed by atoms with van der Waals surface area (Å²) in [5.41, 5.74) is 0.893. The molecule has 2 aromatic carbocycles. The van der Waals surface area contributed by atoms with Crippen LogP contribution >= 0.6 is 27.7 Å².